The summed E-state index contributed by atoms with van der Waals surface area (Å²) < 4.78 is 4.64. The largest absolute Gasteiger partial charge is 0.506 e. The summed E-state index contributed by atoms with van der Waals surface area (Å²) in [6.45, 7) is 2.77. The predicted molar refractivity (Wildman–Crippen MR) is 46.4 cm³/mol. The van der Waals surface area contributed by atoms with Crippen molar-refractivity contribution in [2.24, 2.45) is 0 Å². The van der Waals surface area contributed by atoms with E-state index in [-0.39, 0.29) is 6.10 Å². The number of hydrogen-bond acceptors (Lipinski definition) is 3. The highest BCUT2D eigenvalue weighted by atomic mass is 16.7. The molecule has 12 heavy (non-hydrogen) atoms. The van der Waals surface area contributed by atoms with Gasteiger partial charge in [0.15, 0.2) is 0 Å². The Morgan fingerprint density at radius 3 is 2.50 bits per heavy atom. The fourth-order valence-electron chi connectivity index (χ4n) is 0.891. The Bertz CT molecular complexity index is 136. The third kappa shape index (κ3) is 5.97. The van der Waals surface area contributed by atoms with Crippen LogP contribution in [0.2, 0.25) is 0 Å². The van der Waals surface area contributed by atoms with Crippen LogP contribution in [0.25, 0.3) is 0 Å². The van der Waals surface area contributed by atoms with Gasteiger partial charge in [-0.1, -0.05) is 6.92 Å². The van der Waals surface area contributed by atoms with Gasteiger partial charge in [-0.15, -0.1) is 0 Å². The quantitative estimate of drug-likeness (QED) is 0.642. The number of hydrogen-bond donors (Lipinski definition) is 1. The second-order valence-corrected chi connectivity index (χ2v) is 3.01. The lowest BCUT2D eigenvalue weighted by molar-refractivity contribution is 0.0437. The molecular weight excluding hydrogens is 158 g/mol. The van der Waals surface area contributed by atoms with Crippen molar-refractivity contribution in [1.29, 1.82) is 0 Å². The molecule has 0 saturated heterocycles. The molecule has 0 aliphatic rings. The molecule has 0 aliphatic heterocycles. The van der Waals surface area contributed by atoms with Crippen molar-refractivity contribution in [2.45, 2.75) is 25.9 Å². The van der Waals surface area contributed by atoms with E-state index in [9.17, 15) is 4.79 Å². The highest BCUT2D eigenvalue weighted by molar-refractivity contribution is 5.57. The second kappa shape index (κ2) is 5.83. The summed E-state index contributed by atoms with van der Waals surface area (Å²) in [5.41, 5.74) is 0. The number of carboxylic acid groups (broad SMARTS) is 1. The summed E-state index contributed by atoms with van der Waals surface area (Å²) in [5.74, 6) is 0. The van der Waals surface area contributed by atoms with Crippen LogP contribution in [-0.2, 0) is 4.74 Å². The van der Waals surface area contributed by atoms with Gasteiger partial charge in [-0.05, 0) is 26.9 Å². The van der Waals surface area contributed by atoms with Crippen LogP contribution >= 0.6 is 0 Å². The number of rotatable bonds is 5. The highest BCUT2D eigenvalue weighted by Gasteiger charge is 2.10. The smallest absolute Gasteiger partial charge is 0.450 e. The number of nitrogens with zero attached hydrogens (tertiary/aromatic N) is 1. The van der Waals surface area contributed by atoms with Crippen molar-refractivity contribution in [3.63, 3.8) is 0 Å². The van der Waals surface area contributed by atoms with Crippen LogP contribution < -0.4 is 0 Å². The van der Waals surface area contributed by atoms with Crippen molar-refractivity contribution < 1.29 is 14.6 Å². The van der Waals surface area contributed by atoms with E-state index in [4.69, 9.17) is 5.11 Å². The zero-order chi connectivity index (χ0) is 9.56. The summed E-state index contributed by atoms with van der Waals surface area (Å²) in [5, 5.41) is 8.34. The zero-order valence-corrected chi connectivity index (χ0v) is 7.91. The minimum absolute atomic E-state index is 0.162. The van der Waals surface area contributed by atoms with Crippen LogP contribution in [0, 0.1) is 0 Å². The molecule has 0 bridgehead atoms. The molecule has 1 unspecified atom stereocenters. The van der Waals surface area contributed by atoms with Gasteiger partial charge in [-0.25, -0.2) is 4.79 Å². The van der Waals surface area contributed by atoms with Crippen molar-refractivity contribution in [3.8, 4) is 0 Å². The van der Waals surface area contributed by atoms with Crippen LogP contribution in [0.3, 0.4) is 0 Å². The van der Waals surface area contributed by atoms with Gasteiger partial charge in [0, 0.05) is 6.54 Å². The SMILES string of the molecule is CCC(CCN(C)C)OC(=O)O. The summed E-state index contributed by atoms with van der Waals surface area (Å²) in [6, 6.07) is 0. The van der Waals surface area contributed by atoms with E-state index in [0.29, 0.717) is 0 Å². The van der Waals surface area contributed by atoms with Gasteiger partial charge >= 0.3 is 6.16 Å². The Morgan fingerprint density at radius 1 is 1.58 bits per heavy atom. The molecule has 0 saturated carbocycles. The molecule has 4 heteroatoms. The third-order valence-electron chi connectivity index (χ3n) is 1.62. The average Bonchev–Trinajstić information content (AvgIpc) is 1.97. The van der Waals surface area contributed by atoms with Gasteiger partial charge in [-0.2, -0.15) is 0 Å². The van der Waals surface area contributed by atoms with E-state index in [2.05, 4.69) is 4.74 Å². The van der Waals surface area contributed by atoms with Crippen LogP contribution in [0.1, 0.15) is 19.8 Å². The van der Waals surface area contributed by atoms with Gasteiger partial charge in [0.05, 0.1) is 0 Å². The fraction of sp³-hybridized carbons (Fsp3) is 0.875. The van der Waals surface area contributed by atoms with Crippen LogP contribution in [0.4, 0.5) is 4.79 Å². The topological polar surface area (TPSA) is 49.8 Å². The first-order valence-electron chi connectivity index (χ1n) is 4.10. The molecule has 4 nitrogen and oxygen atoms in total. The Kier molecular flexibility index (Phi) is 5.45. The molecule has 0 radical (unpaired) electrons. The summed E-state index contributed by atoms with van der Waals surface area (Å²) >= 11 is 0. The van der Waals surface area contributed by atoms with E-state index in [0.717, 1.165) is 19.4 Å². The first-order valence-corrected chi connectivity index (χ1v) is 4.10. The molecule has 0 spiro atoms. The van der Waals surface area contributed by atoms with Gasteiger partial charge in [0.25, 0.3) is 0 Å². The van der Waals surface area contributed by atoms with Gasteiger partial charge < -0.3 is 14.7 Å². The molecule has 0 fully saturated rings. The Labute approximate surface area is 73.1 Å². The first-order chi connectivity index (χ1) is 5.56. The van der Waals surface area contributed by atoms with E-state index in [1.807, 2.05) is 25.9 Å². The molecule has 0 aromatic carbocycles. The van der Waals surface area contributed by atoms with Crippen LogP contribution in [-0.4, -0.2) is 42.9 Å². The standard InChI is InChI=1S/C8H17NO3/c1-4-7(12-8(10)11)5-6-9(2)3/h7H,4-6H2,1-3H3,(H,10,11). The van der Waals surface area contributed by atoms with Crippen LogP contribution in [0.5, 0.6) is 0 Å². The van der Waals surface area contributed by atoms with Crippen LogP contribution in [0.15, 0.2) is 0 Å². The Morgan fingerprint density at radius 2 is 2.17 bits per heavy atom. The molecule has 1 atom stereocenters. The maximum Gasteiger partial charge on any atom is 0.506 e. The molecule has 0 aliphatic carbocycles. The Hall–Kier alpha value is -0.770. The maximum atomic E-state index is 10.2. The van der Waals surface area contributed by atoms with Crippen molar-refractivity contribution in [1.82, 2.24) is 4.90 Å². The normalized spacial score (nSPS) is 13.0. The lowest BCUT2D eigenvalue weighted by Gasteiger charge is -2.16. The van der Waals surface area contributed by atoms with Gasteiger partial charge in [0.2, 0.25) is 0 Å². The van der Waals surface area contributed by atoms with E-state index < -0.39 is 6.16 Å². The second-order valence-electron chi connectivity index (χ2n) is 3.01. The Balaban J connectivity index is 3.60. The lowest BCUT2D eigenvalue weighted by atomic mass is 10.2. The predicted octanol–water partition coefficient (Wildman–Crippen LogP) is 1.41. The first kappa shape index (κ1) is 11.2. The van der Waals surface area contributed by atoms with Crippen molar-refractivity contribution >= 4 is 6.16 Å². The number of ether oxygens (including phenoxy) is 1. The molecule has 0 heterocycles. The molecular formula is C8H17NO3. The summed E-state index contributed by atoms with van der Waals surface area (Å²) in [4.78, 5) is 12.2. The maximum absolute atomic E-state index is 10.2. The minimum atomic E-state index is -1.18. The van der Waals surface area contributed by atoms with E-state index >= 15 is 0 Å². The lowest BCUT2D eigenvalue weighted by Crippen LogP contribution is -2.22. The van der Waals surface area contributed by atoms with Gasteiger partial charge in [-0.3, -0.25) is 0 Å². The molecule has 0 rings (SSSR count). The summed E-state index contributed by atoms with van der Waals surface area (Å²) in [7, 11) is 3.90. The van der Waals surface area contributed by atoms with E-state index in [1.54, 1.807) is 0 Å². The van der Waals surface area contributed by atoms with Crippen molar-refractivity contribution in [2.75, 3.05) is 20.6 Å². The minimum Gasteiger partial charge on any atom is -0.450 e. The van der Waals surface area contributed by atoms with E-state index in [1.165, 1.54) is 0 Å². The average molecular weight is 175 g/mol. The molecule has 1 N–H and O–H groups in total. The molecule has 0 aromatic rings. The monoisotopic (exact) mass is 175 g/mol. The highest BCUT2D eigenvalue weighted by Crippen LogP contribution is 2.04. The summed E-state index contributed by atoms with van der Waals surface area (Å²) in [6.07, 6.45) is 0.154. The molecule has 0 amide bonds. The molecule has 72 valence electrons. The molecule has 0 aromatic heterocycles. The van der Waals surface area contributed by atoms with Crippen molar-refractivity contribution in [3.05, 3.63) is 0 Å². The fourth-order valence-corrected chi connectivity index (χ4v) is 0.891. The van der Waals surface area contributed by atoms with Gasteiger partial charge in [0.1, 0.15) is 6.10 Å². The zero-order valence-electron chi connectivity index (χ0n) is 7.91. The third-order valence-corrected chi connectivity index (χ3v) is 1.62. The number of carbonyl (C=O) groups is 1.